The van der Waals surface area contributed by atoms with Gasteiger partial charge in [0.25, 0.3) is 11.8 Å². The Morgan fingerprint density at radius 2 is 2.06 bits per heavy atom. The summed E-state index contributed by atoms with van der Waals surface area (Å²) < 4.78 is 6.15. The topological polar surface area (TPSA) is 120 Å². The van der Waals surface area contributed by atoms with Crippen molar-refractivity contribution in [3.05, 3.63) is 41.3 Å². The number of carbonyl (C=O) groups excluding carboxylic acids is 2. The van der Waals surface area contributed by atoms with Gasteiger partial charge in [-0.1, -0.05) is 11.6 Å². The normalized spacial score (nSPS) is 20.5. The Hall–Kier alpha value is -3.46. The third-order valence-electron chi connectivity index (χ3n) is 7.11. The molecule has 3 heterocycles. The molecule has 2 aromatic heterocycles. The molecule has 1 aliphatic carbocycles. The Bertz CT molecular complexity index is 1310. The first-order chi connectivity index (χ1) is 17.2. The van der Waals surface area contributed by atoms with Gasteiger partial charge in [0.15, 0.2) is 0 Å². The zero-order valence-electron chi connectivity index (χ0n) is 21.2. The highest BCUT2D eigenvalue weighted by Gasteiger charge is 2.35. The van der Waals surface area contributed by atoms with Crippen molar-refractivity contribution >= 4 is 22.8 Å². The largest absolute Gasteiger partial charge is 0.493 e. The number of aliphatic hydroxyl groups is 1. The minimum absolute atomic E-state index is 0.0641. The van der Waals surface area contributed by atoms with Gasteiger partial charge in [-0.05, 0) is 65.0 Å². The lowest BCUT2D eigenvalue weighted by molar-refractivity contribution is -0.139. The highest BCUT2D eigenvalue weighted by molar-refractivity contribution is 6.09. The van der Waals surface area contributed by atoms with Gasteiger partial charge in [0.05, 0.1) is 17.7 Å². The van der Waals surface area contributed by atoms with Gasteiger partial charge in [0.1, 0.15) is 29.4 Å². The van der Waals surface area contributed by atoms with Crippen LogP contribution in [0.3, 0.4) is 0 Å². The van der Waals surface area contributed by atoms with E-state index in [1.807, 2.05) is 39.0 Å². The number of likely N-dealkylation sites (tertiary alicyclic amines) is 1. The van der Waals surface area contributed by atoms with Gasteiger partial charge in [-0.2, -0.15) is 0 Å². The summed E-state index contributed by atoms with van der Waals surface area (Å²) in [5, 5.41) is 12.8. The molecule has 1 saturated carbocycles. The molecule has 0 radical (unpaired) electrons. The van der Waals surface area contributed by atoms with Crippen LogP contribution in [0.4, 0.5) is 0 Å². The minimum Gasteiger partial charge on any atom is -0.493 e. The maximum Gasteiger partial charge on any atom is 0.255 e. The maximum absolute atomic E-state index is 13.4. The molecule has 9 heteroatoms. The van der Waals surface area contributed by atoms with Gasteiger partial charge in [0, 0.05) is 29.9 Å². The molecule has 3 N–H and O–H groups in total. The van der Waals surface area contributed by atoms with Crippen molar-refractivity contribution in [2.45, 2.75) is 65.1 Å². The summed E-state index contributed by atoms with van der Waals surface area (Å²) in [6.07, 6.45) is 3.45. The lowest BCUT2D eigenvalue weighted by atomic mass is 10.1. The summed E-state index contributed by atoms with van der Waals surface area (Å²) in [6.45, 7) is 8.32. The standard InChI is InChI=1S/C27H33N5O4/c1-14-5-8-21(36-12-18-6-7-18)20(9-14)23-25-24(29-13-28-23)22(16(3)30-25)26(34)31-19-10-15(2)32(11-19)27(35)17(4)33/h5,8-9,13,15,17-19,30,33H,6-7,10-12H2,1-4H3,(H,31,34)/t15-,17-,19-/m0/s1. The second-order valence-corrected chi connectivity index (χ2v) is 10.2. The van der Waals surface area contributed by atoms with Gasteiger partial charge in [0.2, 0.25) is 0 Å². The van der Waals surface area contributed by atoms with Crippen LogP contribution >= 0.6 is 0 Å². The number of amides is 2. The van der Waals surface area contributed by atoms with Gasteiger partial charge < -0.3 is 25.0 Å². The number of hydrogen-bond donors (Lipinski definition) is 3. The average Bonchev–Trinajstić information content (AvgIpc) is 3.50. The number of aromatic amines is 1. The maximum atomic E-state index is 13.4. The van der Waals surface area contributed by atoms with Gasteiger partial charge in [-0.25, -0.2) is 9.97 Å². The number of hydrogen-bond acceptors (Lipinski definition) is 6. The van der Waals surface area contributed by atoms with E-state index in [9.17, 15) is 14.7 Å². The number of nitrogens with zero attached hydrogens (tertiary/aromatic N) is 3. The molecule has 1 saturated heterocycles. The predicted octanol–water partition coefficient (Wildman–Crippen LogP) is 3.13. The van der Waals surface area contributed by atoms with E-state index in [1.54, 1.807) is 4.90 Å². The van der Waals surface area contributed by atoms with Gasteiger partial charge >= 0.3 is 0 Å². The highest BCUT2D eigenvalue weighted by Crippen LogP contribution is 2.37. The van der Waals surface area contributed by atoms with Gasteiger partial charge in [-0.3, -0.25) is 9.59 Å². The molecule has 0 bridgehead atoms. The molecule has 2 fully saturated rings. The first kappa shape index (κ1) is 24.2. The van der Waals surface area contributed by atoms with E-state index in [1.165, 1.54) is 26.1 Å². The second kappa shape index (κ2) is 9.54. The minimum atomic E-state index is -1.06. The molecule has 3 atom stereocenters. The van der Waals surface area contributed by atoms with Crippen LogP contribution < -0.4 is 10.1 Å². The number of aliphatic hydroxyl groups excluding tert-OH is 1. The molecule has 1 aromatic carbocycles. The highest BCUT2D eigenvalue weighted by atomic mass is 16.5. The molecule has 5 rings (SSSR count). The van der Waals surface area contributed by atoms with Crippen molar-refractivity contribution in [1.29, 1.82) is 0 Å². The monoisotopic (exact) mass is 491 g/mol. The number of aryl methyl sites for hydroxylation is 2. The summed E-state index contributed by atoms with van der Waals surface area (Å²) in [5.41, 5.74) is 5.05. The fourth-order valence-corrected chi connectivity index (χ4v) is 4.99. The van der Waals surface area contributed by atoms with Crippen molar-refractivity contribution in [1.82, 2.24) is 25.2 Å². The molecule has 9 nitrogen and oxygen atoms in total. The Morgan fingerprint density at radius 3 is 2.78 bits per heavy atom. The lowest BCUT2D eigenvalue weighted by Gasteiger charge is -2.22. The number of aromatic nitrogens is 3. The van der Waals surface area contributed by atoms with Crippen LogP contribution in [0.5, 0.6) is 5.75 Å². The number of ether oxygens (including phenoxy) is 1. The van der Waals surface area contributed by atoms with Crippen molar-refractivity contribution in [3.8, 4) is 17.0 Å². The third-order valence-corrected chi connectivity index (χ3v) is 7.11. The molecule has 2 aliphatic rings. The van der Waals surface area contributed by atoms with Crippen LogP contribution in [-0.2, 0) is 4.79 Å². The molecule has 36 heavy (non-hydrogen) atoms. The number of H-pyrrole nitrogens is 1. The predicted molar refractivity (Wildman–Crippen MR) is 136 cm³/mol. The fraction of sp³-hybridized carbons (Fsp3) is 0.481. The Morgan fingerprint density at radius 1 is 1.28 bits per heavy atom. The molecule has 3 aromatic rings. The Kier molecular flexibility index (Phi) is 6.42. The molecular weight excluding hydrogens is 458 g/mol. The molecule has 1 aliphatic heterocycles. The van der Waals surface area contributed by atoms with E-state index in [0.717, 1.165) is 16.9 Å². The number of nitrogens with one attached hydrogen (secondary N) is 2. The Balaban J connectivity index is 1.43. The van der Waals surface area contributed by atoms with Crippen LogP contribution in [0.15, 0.2) is 24.5 Å². The first-order valence-electron chi connectivity index (χ1n) is 12.6. The number of rotatable bonds is 7. The molecule has 2 amide bonds. The smallest absolute Gasteiger partial charge is 0.255 e. The zero-order chi connectivity index (χ0) is 25.6. The van der Waals surface area contributed by atoms with E-state index < -0.39 is 6.10 Å². The SMILES string of the molecule is Cc1ccc(OCC2CC2)c(-c2ncnc3c(C(=O)N[C@H]4C[C@H](C)N(C(=O)[C@H](C)O)C4)c(C)[nH]c23)c1. The van der Waals surface area contributed by atoms with E-state index in [-0.39, 0.29) is 23.9 Å². The summed E-state index contributed by atoms with van der Waals surface area (Å²) in [5.74, 6) is 0.824. The molecular formula is C27H33N5O4. The molecule has 0 spiro atoms. The summed E-state index contributed by atoms with van der Waals surface area (Å²) in [7, 11) is 0. The Labute approximate surface area is 210 Å². The van der Waals surface area contributed by atoms with Crippen molar-refractivity contribution in [2.24, 2.45) is 5.92 Å². The van der Waals surface area contributed by atoms with Crippen LogP contribution in [0.1, 0.15) is 54.7 Å². The third kappa shape index (κ3) is 4.67. The summed E-state index contributed by atoms with van der Waals surface area (Å²) >= 11 is 0. The summed E-state index contributed by atoms with van der Waals surface area (Å²) in [6, 6.07) is 5.78. The second-order valence-electron chi connectivity index (χ2n) is 10.2. The molecule has 190 valence electrons. The number of carbonyl (C=O) groups is 2. The lowest BCUT2D eigenvalue weighted by Crippen LogP contribution is -2.42. The van der Waals surface area contributed by atoms with E-state index in [4.69, 9.17) is 4.74 Å². The van der Waals surface area contributed by atoms with Gasteiger partial charge in [-0.15, -0.1) is 0 Å². The van der Waals surface area contributed by atoms with Crippen molar-refractivity contribution in [2.75, 3.05) is 13.2 Å². The van der Waals surface area contributed by atoms with Crippen LogP contribution in [0.25, 0.3) is 22.3 Å². The first-order valence-corrected chi connectivity index (χ1v) is 12.6. The van der Waals surface area contributed by atoms with Crippen LogP contribution in [-0.4, -0.2) is 68.1 Å². The van der Waals surface area contributed by atoms with Crippen LogP contribution in [0.2, 0.25) is 0 Å². The average molecular weight is 492 g/mol. The van der Waals surface area contributed by atoms with Crippen molar-refractivity contribution < 1.29 is 19.4 Å². The summed E-state index contributed by atoms with van der Waals surface area (Å²) in [4.78, 5) is 39.7. The van der Waals surface area contributed by atoms with Crippen LogP contribution in [0, 0.1) is 19.8 Å². The number of fused-ring (bicyclic) bond motifs is 1. The van der Waals surface area contributed by atoms with E-state index >= 15 is 0 Å². The van der Waals surface area contributed by atoms with E-state index in [2.05, 4.69) is 20.3 Å². The van der Waals surface area contributed by atoms with E-state index in [0.29, 0.717) is 53.5 Å². The number of benzene rings is 1. The fourth-order valence-electron chi connectivity index (χ4n) is 4.99. The zero-order valence-corrected chi connectivity index (χ0v) is 21.2. The molecule has 0 unspecified atom stereocenters. The quantitative estimate of drug-likeness (QED) is 0.467. The van der Waals surface area contributed by atoms with Crippen molar-refractivity contribution in [3.63, 3.8) is 0 Å².